The summed E-state index contributed by atoms with van der Waals surface area (Å²) in [6, 6.07) is 26.7. The molecule has 0 amide bonds. The summed E-state index contributed by atoms with van der Waals surface area (Å²) in [5.74, 6) is -0.0184. The third-order valence-electron chi connectivity index (χ3n) is 4.69. The maximum absolute atomic E-state index is 12.3. The molecular weight excluding hydrogens is 422 g/mol. The molecule has 1 aliphatic heterocycles. The molecule has 0 spiro atoms. The number of benzene rings is 3. The fourth-order valence-corrected chi connectivity index (χ4v) is 4.10. The Morgan fingerprint density at radius 1 is 0.969 bits per heavy atom. The first-order chi connectivity index (χ1) is 15.6. The van der Waals surface area contributed by atoms with Crippen molar-refractivity contribution >= 4 is 34.5 Å². The number of esters is 1. The van der Waals surface area contributed by atoms with Crippen molar-refractivity contribution in [3.63, 3.8) is 0 Å². The summed E-state index contributed by atoms with van der Waals surface area (Å²) >= 11 is 1.23. The van der Waals surface area contributed by atoms with Crippen LogP contribution in [-0.4, -0.2) is 23.2 Å². The fraction of sp³-hybridized carbons (Fsp3) is 0.0769. The normalized spacial score (nSPS) is 15.9. The van der Waals surface area contributed by atoms with Gasteiger partial charge < -0.3 is 14.6 Å². The van der Waals surface area contributed by atoms with Gasteiger partial charge in [-0.15, -0.1) is 0 Å². The number of carbonyl (C=O) groups excluding carboxylic acids is 1. The Kier molecular flexibility index (Phi) is 6.72. The van der Waals surface area contributed by atoms with Gasteiger partial charge in [0.15, 0.2) is 0 Å². The monoisotopic (exact) mass is 443 g/mol. The second kappa shape index (κ2) is 10.0. The number of rotatable bonds is 6. The molecule has 3 aromatic carbocycles. The zero-order chi connectivity index (χ0) is 22.3. The minimum absolute atomic E-state index is 0.0652. The van der Waals surface area contributed by atoms with Crippen LogP contribution in [0.4, 0.5) is 5.69 Å². The highest BCUT2D eigenvalue weighted by Crippen LogP contribution is 2.40. The molecule has 1 N–H and O–H groups in total. The van der Waals surface area contributed by atoms with Gasteiger partial charge in [-0.1, -0.05) is 72.4 Å². The topological polar surface area (TPSA) is 68.1 Å². The number of aliphatic imine (C=N–C) groups is 1. The van der Waals surface area contributed by atoms with Crippen LogP contribution in [-0.2, 0) is 16.1 Å². The van der Waals surface area contributed by atoms with Crippen LogP contribution < -0.4 is 4.74 Å². The van der Waals surface area contributed by atoms with E-state index in [-0.39, 0.29) is 11.3 Å². The SMILES string of the molecule is COC(=O)C1=C(O)/C(=C/c2ccc(OCc3ccccc3)cc2)SC1=Nc1ccccc1. The van der Waals surface area contributed by atoms with Crippen LogP contribution in [0.15, 0.2) is 106 Å². The van der Waals surface area contributed by atoms with Crippen LogP contribution in [0.1, 0.15) is 11.1 Å². The van der Waals surface area contributed by atoms with Crippen molar-refractivity contribution in [2.75, 3.05) is 7.11 Å². The summed E-state index contributed by atoms with van der Waals surface area (Å²) in [6.07, 6.45) is 1.80. The number of hydrogen-bond acceptors (Lipinski definition) is 6. The molecule has 0 saturated carbocycles. The summed E-state index contributed by atoms with van der Waals surface area (Å²) in [7, 11) is 1.28. The van der Waals surface area contributed by atoms with E-state index in [4.69, 9.17) is 9.47 Å². The molecule has 0 saturated heterocycles. The van der Waals surface area contributed by atoms with Crippen molar-refractivity contribution in [1.82, 2.24) is 0 Å². The predicted octanol–water partition coefficient (Wildman–Crippen LogP) is 6.07. The Balaban J connectivity index is 1.54. The highest BCUT2D eigenvalue weighted by atomic mass is 32.2. The Bertz CT molecular complexity index is 1180. The number of aliphatic hydroxyl groups excluding tert-OH is 1. The molecule has 6 heteroatoms. The van der Waals surface area contributed by atoms with E-state index in [0.717, 1.165) is 16.9 Å². The van der Waals surface area contributed by atoms with E-state index in [1.165, 1.54) is 18.9 Å². The summed E-state index contributed by atoms with van der Waals surface area (Å²) in [6.45, 7) is 0.489. The number of ether oxygens (including phenoxy) is 2. The largest absolute Gasteiger partial charge is 0.506 e. The number of para-hydroxylation sites is 1. The summed E-state index contributed by atoms with van der Waals surface area (Å²) < 4.78 is 10.7. The smallest absolute Gasteiger partial charge is 0.344 e. The van der Waals surface area contributed by atoms with Crippen molar-refractivity contribution in [1.29, 1.82) is 0 Å². The third kappa shape index (κ3) is 5.10. The van der Waals surface area contributed by atoms with E-state index in [0.29, 0.717) is 22.2 Å². The lowest BCUT2D eigenvalue weighted by atomic mass is 10.1. The Labute approximate surface area is 190 Å². The number of methoxy groups -OCH3 is 1. The number of nitrogens with zero attached hydrogens (tertiary/aromatic N) is 1. The van der Waals surface area contributed by atoms with Gasteiger partial charge in [-0.2, -0.15) is 0 Å². The maximum Gasteiger partial charge on any atom is 0.344 e. The zero-order valence-corrected chi connectivity index (χ0v) is 18.2. The number of thioether (sulfide) groups is 1. The van der Waals surface area contributed by atoms with Gasteiger partial charge in [-0.05, 0) is 41.5 Å². The minimum atomic E-state index is -0.627. The average Bonchev–Trinajstić information content (AvgIpc) is 3.13. The molecule has 5 nitrogen and oxygen atoms in total. The number of aliphatic hydroxyl groups is 1. The molecule has 0 unspecified atom stereocenters. The van der Waals surface area contributed by atoms with E-state index in [1.54, 1.807) is 6.08 Å². The van der Waals surface area contributed by atoms with Crippen LogP contribution in [0.5, 0.6) is 5.75 Å². The first-order valence-corrected chi connectivity index (χ1v) is 10.8. The molecule has 3 aromatic rings. The highest BCUT2D eigenvalue weighted by Gasteiger charge is 2.32. The van der Waals surface area contributed by atoms with Gasteiger partial charge in [0, 0.05) is 0 Å². The predicted molar refractivity (Wildman–Crippen MR) is 128 cm³/mol. The van der Waals surface area contributed by atoms with Crippen LogP contribution in [0.2, 0.25) is 0 Å². The zero-order valence-electron chi connectivity index (χ0n) is 17.4. The summed E-state index contributed by atoms with van der Waals surface area (Å²) in [5, 5.41) is 11.1. The molecule has 0 aliphatic carbocycles. The second-order valence-corrected chi connectivity index (χ2v) is 7.95. The maximum atomic E-state index is 12.3. The molecule has 0 fully saturated rings. The van der Waals surface area contributed by atoms with Crippen molar-refractivity contribution in [2.45, 2.75) is 6.61 Å². The summed E-state index contributed by atoms with van der Waals surface area (Å²) in [5.41, 5.74) is 2.70. The molecular formula is C26H21NO4S. The first-order valence-electron chi connectivity index (χ1n) is 9.96. The lowest BCUT2D eigenvalue weighted by Crippen LogP contribution is -2.10. The van der Waals surface area contributed by atoms with Crippen LogP contribution in [0, 0.1) is 0 Å². The second-order valence-electron chi connectivity index (χ2n) is 6.92. The van der Waals surface area contributed by atoms with Gasteiger partial charge >= 0.3 is 5.97 Å². The molecule has 160 valence electrons. The van der Waals surface area contributed by atoms with E-state index < -0.39 is 5.97 Å². The average molecular weight is 444 g/mol. The number of carbonyl (C=O) groups is 1. The van der Waals surface area contributed by atoms with Crippen molar-refractivity contribution < 1.29 is 19.4 Å². The molecule has 1 heterocycles. The molecule has 0 aromatic heterocycles. The van der Waals surface area contributed by atoms with Crippen LogP contribution in [0.25, 0.3) is 6.08 Å². The van der Waals surface area contributed by atoms with Crippen molar-refractivity contribution in [3.05, 3.63) is 112 Å². The Hall–Kier alpha value is -3.77. The molecule has 0 radical (unpaired) electrons. The van der Waals surface area contributed by atoms with Crippen LogP contribution in [0.3, 0.4) is 0 Å². The van der Waals surface area contributed by atoms with Gasteiger partial charge in [0.05, 0.1) is 17.7 Å². The van der Waals surface area contributed by atoms with Crippen molar-refractivity contribution in [3.8, 4) is 5.75 Å². The molecule has 0 bridgehead atoms. The lowest BCUT2D eigenvalue weighted by Gasteiger charge is -2.06. The molecule has 32 heavy (non-hydrogen) atoms. The fourth-order valence-electron chi connectivity index (χ4n) is 3.06. The van der Waals surface area contributed by atoms with Crippen LogP contribution >= 0.6 is 11.8 Å². The van der Waals surface area contributed by atoms with Gasteiger partial charge in [0.2, 0.25) is 0 Å². The van der Waals surface area contributed by atoms with E-state index >= 15 is 0 Å². The van der Waals surface area contributed by atoms with Crippen molar-refractivity contribution in [2.24, 2.45) is 4.99 Å². The first kappa shape index (κ1) is 21.5. The third-order valence-corrected chi connectivity index (χ3v) is 5.71. The lowest BCUT2D eigenvalue weighted by molar-refractivity contribution is -0.135. The van der Waals surface area contributed by atoms with E-state index in [9.17, 15) is 9.90 Å². The molecule has 1 aliphatic rings. The standard InChI is InChI=1S/C26H21NO4S/c1-30-26(29)23-24(28)22(32-25(23)27-20-10-6-3-7-11-20)16-18-12-14-21(15-13-18)31-17-19-8-4-2-5-9-19/h2-16,28H,17H2,1H3/b22-16-,27-25?. The van der Waals surface area contributed by atoms with E-state index in [1.807, 2.05) is 84.9 Å². The van der Waals surface area contributed by atoms with Gasteiger partial charge in [0.25, 0.3) is 0 Å². The Morgan fingerprint density at radius 3 is 2.28 bits per heavy atom. The quantitative estimate of drug-likeness (QED) is 0.469. The molecule has 4 rings (SSSR count). The Morgan fingerprint density at radius 2 is 1.62 bits per heavy atom. The van der Waals surface area contributed by atoms with Gasteiger partial charge in [-0.25, -0.2) is 9.79 Å². The minimum Gasteiger partial charge on any atom is -0.506 e. The van der Waals surface area contributed by atoms with Gasteiger partial charge in [-0.3, -0.25) is 0 Å². The van der Waals surface area contributed by atoms with E-state index in [2.05, 4.69) is 4.99 Å². The summed E-state index contributed by atoms with van der Waals surface area (Å²) in [4.78, 5) is 17.3. The molecule has 0 atom stereocenters. The number of hydrogen-bond donors (Lipinski definition) is 1. The highest BCUT2D eigenvalue weighted by molar-refractivity contribution is 8.18. The van der Waals surface area contributed by atoms with Gasteiger partial charge in [0.1, 0.15) is 28.7 Å².